The van der Waals surface area contributed by atoms with E-state index in [2.05, 4.69) is 60.1 Å². The summed E-state index contributed by atoms with van der Waals surface area (Å²) in [7, 11) is 2.15. The molecule has 0 aromatic rings. The molecule has 0 atom stereocenters. The third-order valence-corrected chi connectivity index (χ3v) is 2.98. The molecule has 0 aromatic heterocycles. The molecule has 84 valence electrons. The van der Waals surface area contributed by atoms with Crippen LogP contribution in [0, 0.1) is 5.41 Å². The van der Waals surface area contributed by atoms with Crippen molar-refractivity contribution < 1.29 is 0 Å². The van der Waals surface area contributed by atoms with Gasteiger partial charge in [0.1, 0.15) is 0 Å². The Morgan fingerprint density at radius 2 is 1.57 bits per heavy atom. The molecule has 0 N–H and O–H groups in total. The van der Waals surface area contributed by atoms with Crippen molar-refractivity contribution in [3.63, 3.8) is 0 Å². The highest BCUT2D eigenvalue weighted by atomic mass is 15.2. The molecule has 0 spiro atoms. The zero-order chi connectivity index (χ0) is 11.6. The summed E-state index contributed by atoms with van der Waals surface area (Å²) in [5.74, 6) is 0. The van der Waals surface area contributed by atoms with Gasteiger partial charge in [-0.3, -0.25) is 0 Å². The van der Waals surface area contributed by atoms with Crippen LogP contribution in [0.3, 0.4) is 0 Å². The Hall–Kier alpha value is -0.460. The summed E-state index contributed by atoms with van der Waals surface area (Å²) in [6.45, 7) is 17.7. The van der Waals surface area contributed by atoms with Crippen molar-refractivity contribution in [1.29, 1.82) is 0 Å². The van der Waals surface area contributed by atoms with Crippen molar-refractivity contribution >= 4 is 0 Å². The van der Waals surface area contributed by atoms with E-state index >= 15 is 0 Å². The van der Waals surface area contributed by atoms with E-state index in [-0.39, 0.29) is 5.54 Å². The summed E-state index contributed by atoms with van der Waals surface area (Å²) in [4.78, 5) is 2.32. The zero-order valence-corrected chi connectivity index (χ0v) is 11.1. The van der Waals surface area contributed by atoms with Crippen molar-refractivity contribution in [3.8, 4) is 0 Å². The Balaban J connectivity index is 4.41. The lowest BCUT2D eigenvalue weighted by atomic mass is 9.89. The van der Waals surface area contributed by atoms with E-state index in [9.17, 15) is 0 Å². The van der Waals surface area contributed by atoms with Crippen LogP contribution in [0.4, 0.5) is 0 Å². The summed E-state index contributed by atoms with van der Waals surface area (Å²) < 4.78 is 0. The Labute approximate surface area is 90.2 Å². The summed E-state index contributed by atoms with van der Waals surface area (Å²) in [6.07, 6.45) is 2.21. The van der Waals surface area contributed by atoms with E-state index in [1.807, 2.05) is 0 Å². The molecular formula is C13H27N. The molecule has 0 unspecified atom stereocenters. The molecule has 0 rings (SSSR count). The van der Waals surface area contributed by atoms with E-state index in [4.69, 9.17) is 0 Å². The van der Waals surface area contributed by atoms with Gasteiger partial charge in [0.2, 0.25) is 0 Å². The van der Waals surface area contributed by atoms with Crippen LogP contribution in [-0.2, 0) is 0 Å². The Morgan fingerprint density at radius 3 is 1.86 bits per heavy atom. The minimum Gasteiger partial charge on any atom is -0.373 e. The zero-order valence-electron chi connectivity index (χ0n) is 11.1. The van der Waals surface area contributed by atoms with Crippen molar-refractivity contribution in [2.75, 3.05) is 7.05 Å². The highest BCUT2D eigenvalue weighted by molar-refractivity contribution is 5.01. The van der Waals surface area contributed by atoms with Crippen LogP contribution in [-0.4, -0.2) is 17.5 Å². The fourth-order valence-corrected chi connectivity index (χ4v) is 1.40. The van der Waals surface area contributed by atoms with Crippen LogP contribution in [0.25, 0.3) is 0 Å². The lowest BCUT2D eigenvalue weighted by molar-refractivity contribution is 0.179. The van der Waals surface area contributed by atoms with E-state index in [0.29, 0.717) is 5.41 Å². The van der Waals surface area contributed by atoms with Crippen LogP contribution in [0.1, 0.15) is 54.4 Å². The summed E-state index contributed by atoms with van der Waals surface area (Å²) >= 11 is 0. The molecule has 1 nitrogen and oxygen atoms in total. The number of hydrogen-bond acceptors (Lipinski definition) is 1. The van der Waals surface area contributed by atoms with Crippen LogP contribution < -0.4 is 0 Å². The van der Waals surface area contributed by atoms with Crippen LogP contribution in [0.5, 0.6) is 0 Å². The van der Waals surface area contributed by atoms with Crippen LogP contribution in [0.2, 0.25) is 0 Å². The first-order valence-electron chi connectivity index (χ1n) is 5.52. The molecule has 14 heavy (non-hydrogen) atoms. The fraction of sp³-hybridized carbons (Fsp3) is 0.846. The van der Waals surface area contributed by atoms with E-state index in [1.165, 1.54) is 5.70 Å². The maximum Gasteiger partial charge on any atom is 0.0337 e. The van der Waals surface area contributed by atoms with Gasteiger partial charge in [-0.05, 0) is 32.1 Å². The SMILES string of the molecule is C=C(CC(C)(C)C)N(C)C(C)(C)CC. The molecule has 0 heterocycles. The summed E-state index contributed by atoms with van der Waals surface area (Å²) in [5.41, 5.74) is 1.79. The van der Waals surface area contributed by atoms with Gasteiger partial charge in [0.15, 0.2) is 0 Å². The standard InChI is InChI=1S/C13H27N/c1-9-13(6,7)14(8)11(2)10-12(3,4)5/h2,9-10H2,1,3-8H3. The lowest BCUT2D eigenvalue weighted by Gasteiger charge is -2.39. The van der Waals surface area contributed by atoms with Gasteiger partial charge in [-0.2, -0.15) is 0 Å². The van der Waals surface area contributed by atoms with Crippen molar-refractivity contribution in [3.05, 3.63) is 12.3 Å². The van der Waals surface area contributed by atoms with E-state index < -0.39 is 0 Å². The van der Waals surface area contributed by atoms with E-state index in [0.717, 1.165) is 12.8 Å². The van der Waals surface area contributed by atoms with Gasteiger partial charge >= 0.3 is 0 Å². The monoisotopic (exact) mass is 197 g/mol. The predicted molar refractivity (Wildman–Crippen MR) is 65.3 cm³/mol. The fourth-order valence-electron chi connectivity index (χ4n) is 1.40. The third-order valence-electron chi connectivity index (χ3n) is 2.98. The van der Waals surface area contributed by atoms with Gasteiger partial charge in [0.05, 0.1) is 0 Å². The van der Waals surface area contributed by atoms with Crippen molar-refractivity contribution in [1.82, 2.24) is 4.90 Å². The largest absolute Gasteiger partial charge is 0.373 e. The molecule has 0 aromatic carbocycles. The molecule has 0 bridgehead atoms. The maximum atomic E-state index is 4.18. The molecule has 0 fully saturated rings. The van der Waals surface area contributed by atoms with Crippen molar-refractivity contribution in [2.24, 2.45) is 5.41 Å². The smallest absolute Gasteiger partial charge is 0.0337 e. The molecule has 0 saturated carbocycles. The third kappa shape index (κ3) is 4.17. The van der Waals surface area contributed by atoms with Gasteiger partial charge in [0, 0.05) is 18.3 Å². The minimum absolute atomic E-state index is 0.225. The minimum atomic E-state index is 0.225. The van der Waals surface area contributed by atoms with Gasteiger partial charge in [0.25, 0.3) is 0 Å². The number of hydrogen-bond donors (Lipinski definition) is 0. The lowest BCUT2D eigenvalue weighted by Crippen LogP contribution is -2.40. The Bertz CT molecular complexity index is 196. The van der Waals surface area contributed by atoms with Gasteiger partial charge in [-0.1, -0.05) is 34.3 Å². The molecular weight excluding hydrogens is 170 g/mol. The molecule has 0 aliphatic carbocycles. The Kier molecular flexibility index (Phi) is 4.23. The first-order chi connectivity index (χ1) is 6.10. The molecule has 1 heteroatoms. The summed E-state index contributed by atoms with van der Waals surface area (Å²) in [6, 6.07) is 0. The second kappa shape index (κ2) is 4.37. The van der Waals surface area contributed by atoms with Crippen LogP contribution in [0.15, 0.2) is 12.3 Å². The highest BCUT2D eigenvalue weighted by Crippen LogP contribution is 2.29. The molecule has 0 aliphatic heterocycles. The highest BCUT2D eigenvalue weighted by Gasteiger charge is 2.24. The van der Waals surface area contributed by atoms with Gasteiger partial charge in [-0.15, -0.1) is 0 Å². The summed E-state index contributed by atoms with van der Waals surface area (Å²) in [5, 5.41) is 0. The average Bonchev–Trinajstić information content (AvgIpc) is 2.00. The molecule has 0 saturated heterocycles. The first kappa shape index (κ1) is 13.5. The second-order valence-electron chi connectivity index (χ2n) is 6.03. The number of rotatable bonds is 4. The number of allylic oxidation sites excluding steroid dienone is 1. The van der Waals surface area contributed by atoms with Crippen LogP contribution >= 0.6 is 0 Å². The quantitative estimate of drug-likeness (QED) is 0.657. The number of nitrogens with zero attached hydrogens (tertiary/aromatic N) is 1. The van der Waals surface area contributed by atoms with Gasteiger partial charge < -0.3 is 4.90 Å². The average molecular weight is 197 g/mol. The van der Waals surface area contributed by atoms with Gasteiger partial charge in [-0.25, -0.2) is 0 Å². The normalized spacial score (nSPS) is 12.8. The maximum absolute atomic E-state index is 4.18. The Morgan fingerprint density at radius 1 is 1.14 bits per heavy atom. The molecule has 0 radical (unpaired) electrons. The first-order valence-corrected chi connectivity index (χ1v) is 5.52. The molecule has 0 amide bonds. The van der Waals surface area contributed by atoms with Crippen molar-refractivity contribution in [2.45, 2.75) is 59.9 Å². The topological polar surface area (TPSA) is 3.24 Å². The second-order valence-corrected chi connectivity index (χ2v) is 6.03. The molecule has 0 aliphatic rings. The predicted octanol–water partition coefficient (Wildman–Crippen LogP) is 4.06. The van der Waals surface area contributed by atoms with E-state index in [1.54, 1.807) is 0 Å².